The van der Waals surface area contributed by atoms with E-state index in [1.54, 1.807) is 38.5 Å². The van der Waals surface area contributed by atoms with Crippen molar-refractivity contribution >= 4 is 21.6 Å². The maximum absolute atomic E-state index is 13.4. The van der Waals surface area contributed by atoms with E-state index in [1.807, 2.05) is 26.0 Å². The number of nitriles is 1. The Hall–Kier alpha value is -3.42. The van der Waals surface area contributed by atoms with Gasteiger partial charge in [0.2, 0.25) is 10.0 Å². The SMILES string of the molecule is COc1ccc(C2=NN(C3CCN(S(=O)(=O)c4ccccc4C#N)CC3)C(=O)C2(C)C)cc1OC. The predicted molar refractivity (Wildman–Crippen MR) is 130 cm³/mol. The van der Waals surface area contributed by atoms with E-state index < -0.39 is 15.4 Å². The summed E-state index contributed by atoms with van der Waals surface area (Å²) in [7, 11) is -0.696. The van der Waals surface area contributed by atoms with Gasteiger partial charge in [-0.05, 0) is 57.0 Å². The topological polar surface area (TPSA) is 112 Å². The van der Waals surface area contributed by atoms with Gasteiger partial charge in [0.05, 0.1) is 41.8 Å². The second-order valence-corrected chi connectivity index (χ2v) is 10.9. The van der Waals surface area contributed by atoms with Crippen LogP contribution in [0.2, 0.25) is 0 Å². The first-order valence-corrected chi connectivity index (χ1v) is 12.7. The van der Waals surface area contributed by atoms with Crippen LogP contribution in [0.1, 0.15) is 37.8 Å². The lowest BCUT2D eigenvalue weighted by molar-refractivity contribution is -0.137. The number of carbonyl (C=O) groups excluding carboxylic acids is 1. The van der Waals surface area contributed by atoms with Crippen LogP contribution in [-0.4, -0.2) is 62.7 Å². The van der Waals surface area contributed by atoms with Crippen molar-refractivity contribution in [3.8, 4) is 17.6 Å². The molecule has 35 heavy (non-hydrogen) atoms. The maximum atomic E-state index is 13.4. The first-order valence-electron chi connectivity index (χ1n) is 11.3. The third-order valence-electron chi connectivity index (χ3n) is 6.59. The summed E-state index contributed by atoms with van der Waals surface area (Å²) in [5.41, 5.74) is 0.655. The molecule has 0 spiro atoms. The molecule has 1 fully saturated rings. The number of ether oxygens (including phenoxy) is 2. The van der Waals surface area contributed by atoms with Crippen LogP contribution in [0.15, 0.2) is 52.5 Å². The van der Waals surface area contributed by atoms with Crippen LogP contribution in [0.25, 0.3) is 0 Å². The number of carbonyl (C=O) groups is 1. The monoisotopic (exact) mass is 496 g/mol. The molecule has 0 atom stereocenters. The van der Waals surface area contributed by atoms with Crippen LogP contribution in [0.4, 0.5) is 0 Å². The zero-order valence-corrected chi connectivity index (χ0v) is 21.0. The van der Waals surface area contributed by atoms with Crippen LogP contribution >= 0.6 is 0 Å². The molecule has 0 saturated carbocycles. The summed E-state index contributed by atoms with van der Waals surface area (Å²) in [6, 6.07) is 13.3. The summed E-state index contributed by atoms with van der Waals surface area (Å²) in [4.78, 5) is 13.4. The highest BCUT2D eigenvalue weighted by Gasteiger charge is 2.47. The Labute approximate surface area is 205 Å². The fraction of sp³-hybridized carbons (Fsp3) is 0.400. The second-order valence-electron chi connectivity index (χ2n) is 9.04. The Balaban J connectivity index is 1.56. The van der Waals surface area contributed by atoms with Crippen molar-refractivity contribution in [3.63, 3.8) is 0 Å². The van der Waals surface area contributed by atoms with E-state index >= 15 is 0 Å². The number of benzene rings is 2. The van der Waals surface area contributed by atoms with Gasteiger partial charge >= 0.3 is 0 Å². The number of hydrazone groups is 1. The maximum Gasteiger partial charge on any atom is 0.254 e. The minimum absolute atomic E-state index is 0.00749. The minimum Gasteiger partial charge on any atom is -0.493 e. The summed E-state index contributed by atoms with van der Waals surface area (Å²) in [5, 5.41) is 15.5. The molecule has 2 aliphatic rings. The van der Waals surface area contributed by atoms with Gasteiger partial charge in [-0.15, -0.1) is 0 Å². The van der Waals surface area contributed by atoms with E-state index in [0.717, 1.165) is 5.56 Å². The molecule has 2 aliphatic heterocycles. The molecule has 0 aromatic heterocycles. The van der Waals surface area contributed by atoms with Crippen molar-refractivity contribution in [2.24, 2.45) is 10.5 Å². The first kappa shape index (κ1) is 24.7. The number of hydrogen-bond donors (Lipinski definition) is 0. The predicted octanol–water partition coefficient (Wildman–Crippen LogP) is 3.00. The normalized spacial score (nSPS) is 18.8. The van der Waals surface area contributed by atoms with Crippen molar-refractivity contribution in [1.82, 2.24) is 9.31 Å². The lowest BCUT2D eigenvalue weighted by Gasteiger charge is -2.35. The summed E-state index contributed by atoms with van der Waals surface area (Å²) < 4.78 is 38.4. The van der Waals surface area contributed by atoms with Crippen molar-refractivity contribution in [1.29, 1.82) is 5.26 Å². The number of piperidine rings is 1. The highest BCUT2D eigenvalue weighted by molar-refractivity contribution is 7.89. The molecule has 1 amide bonds. The fourth-order valence-corrected chi connectivity index (χ4v) is 6.18. The highest BCUT2D eigenvalue weighted by Crippen LogP contribution is 2.38. The quantitative estimate of drug-likeness (QED) is 0.608. The van der Waals surface area contributed by atoms with E-state index in [9.17, 15) is 18.5 Å². The third kappa shape index (κ3) is 4.26. The largest absolute Gasteiger partial charge is 0.493 e. The Morgan fingerprint density at radius 2 is 1.71 bits per heavy atom. The smallest absolute Gasteiger partial charge is 0.254 e. The molecule has 0 bridgehead atoms. The molecule has 2 aromatic carbocycles. The molecular formula is C25H28N4O5S. The van der Waals surface area contributed by atoms with Gasteiger partial charge in [-0.3, -0.25) is 4.79 Å². The molecule has 2 heterocycles. The Kier molecular flexibility index (Phi) is 6.58. The zero-order valence-electron chi connectivity index (χ0n) is 20.2. The fourth-order valence-electron chi connectivity index (χ4n) is 4.57. The van der Waals surface area contributed by atoms with Crippen LogP contribution in [0, 0.1) is 16.7 Å². The standard InChI is InChI=1S/C25H28N4O5S/c1-25(2)23(17-9-10-20(33-3)21(15-17)34-4)27-29(24(25)30)19-11-13-28(14-12-19)35(31,32)22-8-6-5-7-18(22)16-26/h5-10,15,19H,11-14H2,1-4H3. The molecule has 9 nitrogen and oxygen atoms in total. The van der Waals surface area contributed by atoms with Gasteiger partial charge in [0.25, 0.3) is 5.91 Å². The summed E-state index contributed by atoms with van der Waals surface area (Å²) in [6.45, 7) is 4.14. The van der Waals surface area contributed by atoms with Gasteiger partial charge in [-0.25, -0.2) is 13.4 Å². The van der Waals surface area contributed by atoms with Gasteiger partial charge in [0.1, 0.15) is 6.07 Å². The molecule has 1 saturated heterocycles. The lowest BCUT2D eigenvalue weighted by atomic mass is 9.83. The molecule has 4 rings (SSSR count). The van der Waals surface area contributed by atoms with Gasteiger partial charge < -0.3 is 9.47 Å². The van der Waals surface area contributed by atoms with E-state index in [4.69, 9.17) is 14.6 Å². The minimum atomic E-state index is -3.81. The van der Waals surface area contributed by atoms with Crippen LogP contribution < -0.4 is 9.47 Å². The molecule has 0 radical (unpaired) electrons. The Bertz CT molecular complexity index is 1320. The van der Waals surface area contributed by atoms with E-state index in [-0.39, 0.29) is 35.5 Å². The molecule has 10 heteroatoms. The zero-order chi connectivity index (χ0) is 25.4. The second kappa shape index (κ2) is 9.32. The Morgan fingerprint density at radius 1 is 1.06 bits per heavy atom. The average molecular weight is 497 g/mol. The summed E-state index contributed by atoms with van der Waals surface area (Å²) >= 11 is 0. The van der Waals surface area contributed by atoms with Crippen LogP contribution in [-0.2, 0) is 14.8 Å². The van der Waals surface area contributed by atoms with E-state index in [2.05, 4.69) is 0 Å². The molecule has 0 unspecified atom stereocenters. The van der Waals surface area contributed by atoms with Crippen molar-refractivity contribution in [2.75, 3.05) is 27.3 Å². The van der Waals surface area contributed by atoms with Gasteiger partial charge in [0.15, 0.2) is 11.5 Å². The van der Waals surface area contributed by atoms with Crippen molar-refractivity contribution in [3.05, 3.63) is 53.6 Å². The summed E-state index contributed by atoms with van der Waals surface area (Å²) in [5.74, 6) is 1.01. The molecule has 0 N–H and O–H groups in total. The van der Waals surface area contributed by atoms with Gasteiger partial charge in [-0.1, -0.05) is 12.1 Å². The average Bonchev–Trinajstić information content (AvgIpc) is 3.12. The number of sulfonamides is 1. The molecular weight excluding hydrogens is 468 g/mol. The van der Waals surface area contributed by atoms with E-state index in [1.165, 1.54) is 21.4 Å². The number of nitrogens with zero attached hydrogens (tertiary/aromatic N) is 4. The lowest BCUT2D eigenvalue weighted by Crippen LogP contribution is -2.47. The number of methoxy groups -OCH3 is 2. The molecule has 0 aliphatic carbocycles. The van der Waals surface area contributed by atoms with Crippen molar-refractivity contribution in [2.45, 2.75) is 37.6 Å². The first-order chi connectivity index (χ1) is 16.6. The molecule has 184 valence electrons. The number of rotatable bonds is 6. The summed E-state index contributed by atoms with van der Waals surface area (Å²) in [6.07, 6.45) is 0.886. The van der Waals surface area contributed by atoms with Gasteiger partial charge in [-0.2, -0.15) is 14.7 Å². The van der Waals surface area contributed by atoms with Crippen molar-refractivity contribution < 1.29 is 22.7 Å². The Morgan fingerprint density at radius 3 is 2.34 bits per heavy atom. The molecule has 2 aromatic rings. The van der Waals surface area contributed by atoms with Crippen LogP contribution in [0.3, 0.4) is 0 Å². The third-order valence-corrected chi connectivity index (χ3v) is 8.55. The number of amides is 1. The van der Waals surface area contributed by atoms with Crippen LogP contribution in [0.5, 0.6) is 11.5 Å². The van der Waals surface area contributed by atoms with Gasteiger partial charge in [0, 0.05) is 18.7 Å². The number of hydrogen-bond acceptors (Lipinski definition) is 7. The van der Waals surface area contributed by atoms with E-state index in [0.29, 0.717) is 30.1 Å². The highest BCUT2D eigenvalue weighted by atomic mass is 32.2.